The molecule has 1 aliphatic heterocycles. The molecule has 3 nitrogen and oxygen atoms in total. The number of aryl methyl sites for hydroxylation is 1. The van der Waals surface area contributed by atoms with E-state index < -0.39 is 0 Å². The molecule has 0 aliphatic carbocycles. The van der Waals surface area contributed by atoms with Crippen molar-refractivity contribution in [2.45, 2.75) is 13.3 Å². The minimum Gasteiger partial charge on any atom is -0.396 e. The Morgan fingerprint density at radius 1 is 1.56 bits per heavy atom. The smallest absolute Gasteiger partial charge is 0.227 e. The number of amides is 1. The molecule has 0 radical (unpaired) electrons. The first-order valence-electron chi connectivity index (χ1n) is 5.29. The van der Waals surface area contributed by atoms with Gasteiger partial charge >= 0.3 is 0 Å². The highest BCUT2D eigenvalue weighted by molar-refractivity contribution is 6.34. The highest BCUT2D eigenvalue weighted by Crippen LogP contribution is 2.31. The van der Waals surface area contributed by atoms with Crippen molar-refractivity contribution in [1.82, 2.24) is 0 Å². The molecule has 0 spiro atoms. The number of anilines is 1. The molecular formula is C12H14ClNO2. The van der Waals surface area contributed by atoms with Gasteiger partial charge < -0.3 is 10.0 Å². The monoisotopic (exact) mass is 239 g/mol. The summed E-state index contributed by atoms with van der Waals surface area (Å²) >= 11 is 6.11. The number of hydrogen-bond acceptors (Lipinski definition) is 2. The summed E-state index contributed by atoms with van der Waals surface area (Å²) in [7, 11) is 0. The molecule has 2 rings (SSSR count). The topological polar surface area (TPSA) is 40.5 Å². The highest BCUT2D eigenvalue weighted by atomic mass is 35.5. The zero-order valence-corrected chi connectivity index (χ0v) is 9.87. The number of carbonyl (C=O) groups excluding carboxylic acids is 1. The third-order valence-electron chi connectivity index (χ3n) is 2.86. The van der Waals surface area contributed by atoms with Gasteiger partial charge in [-0.15, -0.1) is 0 Å². The van der Waals surface area contributed by atoms with Crippen LogP contribution in [0.3, 0.4) is 0 Å². The Balaban J connectivity index is 2.28. The number of hydrogen-bond donors (Lipinski definition) is 1. The summed E-state index contributed by atoms with van der Waals surface area (Å²) in [5.41, 5.74) is 1.81. The summed E-state index contributed by atoms with van der Waals surface area (Å²) in [5.74, 6) is 0.0645. The lowest BCUT2D eigenvalue weighted by Gasteiger charge is -2.18. The van der Waals surface area contributed by atoms with Crippen molar-refractivity contribution in [2.75, 3.05) is 18.1 Å². The zero-order chi connectivity index (χ0) is 11.7. The predicted octanol–water partition coefficient (Wildman–Crippen LogP) is 1.99. The molecule has 0 aromatic heterocycles. The molecule has 1 aromatic carbocycles. The molecule has 0 bridgehead atoms. The van der Waals surface area contributed by atoms with Crippen molar-refractivity contribution in [3.05, 3.63) is 28.8 Å². The van der Waals surface area contributed by atoms with Gasteiger partial charge in [-0.3, -0.25) is 4.79 Å². The van der Waals surface area contributed by atoms with Gasteiger partial charge in [-0.2, -0.15) is 0 Å². The number of halogens is 1. The lowest BCUT2D eigenvalue weighted by atomic mass is 10.1. The lowest BCUT2D eigenvalue weighted by molar-refractivity contribution is -0.117. The normalized spacial score (nSPS) is 20.6. The maximum Gasteiger partial charge on any atom is 0.227 e. The molecule has 1 heterocycles. The average molecular weight is 240 g/mol. The number of carbonyl (C=O) groups is 1. The molecule has 1 unspecified atom stereocenters. The van der Waals surface area contributed by atoms with Crippen molar-refractivity contribution in [3.63, 3.8) is 0 Å². The maximum atomic E-state index is 11.7. The van der Waals surface area contributed by atoms with E-state index in [1.807, 2.05) is 25.1 Å². The standard InChI is InChI=1S/C12H14ClNO2/c1-8-2-3-11(10(13)4-8)14-6-9(7-15)5-12(14)16/h2-4,9,15H,5-7H2,1H3. The molecule has 0 saturated carbocycles. The van der Waals surface area contributed by atoms with Gasteiger partial charge in [0.1, 0.15) is 0 Å². The van der Waals surface area contributed by atoms with Gasteiger partial charge in [0, 0.05) is 25.5 Å². The lowest BCUT2D eigenvalue weighted by Crippen LogP contribution is -2.25. The van der Waals surface area contributed by atoms with E-state index in [0.29, 0.717) is 18.0 Å². The Kier molecular flexibility index (Phi) is 3.17. The predicted molar refractivity (Wildman–Crippen MR) is 63.7 cm³/mol. The molecule has 1 saturated heterocycles. The SMILES string of the molecule is Cc1ccc(N2CC(CO)CC2=O)c(Cl)c1. The first-order valence-corrected chi connectivity index (χ1v) is 5.67. The van der Waals surface area contributed by atoms with E-state index in [1.54, 1.807) is 4.90 Å². The van der Waals surface area contributed by atoms with Crippen LogP contribution in [0.15, 0.2) is 18.2 Å². The quantitative estimate of drug-likeness (QED) is 0.858. The van der Waals surface area contributed by atoms with Crippen LogP contribution < -0.4 is 4.90 Å². The van der Waals surface area contributed by atoms with E-state index in [2.05, 4.69) is 0 Å². The summed E-state index contributed by atoms with van der Waals surface area (Å²) in [5, 5.41) is 9.64. The molecule has 1 aliphatic rings. The largest absolute Gasteiger partial charge is 0.396 e. The summed E-state index contributed by atoms with van der Waals surface area (Å²) in [4.78, 5) is 13.4. The van der Waals surface area contributed by atoms with Crippen LogP contribution in [-0.2, 0) is 4.79 Å². The summed E-state index contributed by atoms with van der Waals surface area (Å²) in [6.45, 7) is 2.56. The molecule has 86 valence electrons. The van der Waals surface area contributed by atoms with Gasteiger partial charge in [-0.1, -0.05) is 17.7 Å². The van der Waals surface area contributed by atoms with Crippen molar-refractivity contribution in [2.24, 2.45) is 5.92 Å². The van der Waals surface area contributed by atoms with Crippen LogP contribution >= 0.6 is 11.6 Å². The fraction of sp³-hybridized carbons (Fsp3) is 0.417. The third-order valence-corrected chi connectivity index (χ3v) is 3.16. The molecule has 4 heteroatoms. The second-order valence-electron chi connectivity index (χ2n) is 4.21. The van der Waals surface area contributed by atoms with Gasteiger partial charge in [0.15, 0.2) is 0 Å². The Morgan fingerprint density at radius 2 is 2.31 bits per heavy atom. The minimum absolute atomic E-state index is 0.0322. The van der Waals surface area contributed by atoms with E-state index in [0.717, 1.165) is 11.3 Å². The van der Waals surface area contributed by atoms with Gasteiger partial charge in [0.05, 0.1) is 10.7 Å². The van der Waals surface area contributed by atoms with Crippen molar-refractivity contribution < 1.29 is 9.90 Å². The van der Waals surface area contributed by atoms with E-state index in [1.165, 1.54) is 0 Å². The maximum absolute atomic E-state index is 11.7. The number of benzene rings is 1. The zero-order valence-electron chi connectivity index (χ0n) is 9.11. The average Bonchev–Trinajstić information content (AvgIpc) is 2.60. The first-order chi connectivity index (χ1) is 7.61. The molecule has 1 fully saturated rings. The van der Waals surface area contributed by atoms with Crippen LogP contribution in [-0.4, -0.2) is 24.2 Å². The summed E-state index contributed by atoms with van der Waals surface area (Å²) in [6.07, 6.45) is 0.403. The van der Waals surface area contributed by atoms with Gasteiger partial charge in [0.2, 0.25) is 5.91 Å². The molecule has 1 N–H and O–H groups in total. The van der Waals surface area contributed by atoms with Gasteiger partial charge in [-0.25, -0.2) is 0 Å². The molecule has 1 atom stereocenters. The number of aliphatic hydroxyl groups excluding tert-OH is 1. The Hall–Kier alpha value is -1.06. The fourth-order valence-corrected chi connectivity index (χ4v) is 2.30. The summed E-state index contributed by atoms with van der Waals surface area (Å²) in [6, 6.07) is 5.63. The van der Waals surface area contributed by atoms with Gasteiger partial charge in [0.25, 0.3) is 0 Å². The third kappa shape index (κ3) is 2.06. The fourth-order valence-electron chi connectivity index (χ4n) is 1.97. The molecule has 1 aromatic rings. The Labute approximate surface area is 99.6 Å². The minimum atomic E-state index is 0.0322. The van der Waals surface area contributed by atoms with Crippen molar-refractivity contribution in [3.8, 4) is 0 Å². The van der Waals surface area contributed by atoms with E-state index >= 15 is 0 Å². The number of rotatable bonds is 2. The number of nitrogens with zero attached hydrogens (tertiary/aromatic N) is 1. The van der Waals surface area contributed by atoms with Gasteiger partial charge in [-0.05, 0) is 24.6 Å². The Morgan fingerprint density at radius 3 is 2.88 bits per heavy atom. The van der Waals surface area contributed by atoms with E-state index in [9.17, 15) is 4.79 Å². The number of aliphatic hydroxyl groups is 1. The molecular weight excluding hydrogens is 226 g/mol. The molecule has 1 amide bonds. The Bertz CT molecular complexity index is 419. The molecule has 16 heavy (non-hydrogen) atoms. The van der Waals surface area contributed by atoms with Crippen LogP contribution in [0.5, 0.6) is 0 Å². The first kappa shape index (κ1) is 11.4. The van der Waals surface area contributed by atoms with Crippen LogP contribution in [0.4, 0.5) is 5.69 Å². The van der Waals surface area contributed by atoms with Crippen LogP contribution in [0.25, 0.3) is 0 Å². The van der Waals surface area contributed by atoms with Crippen molar-refractivity contribution in [1.29, 1.82) is 0 Å². The van der Waals surface area contributed by atoms with Crippen molar-refractivity contribution >= 4 is 23.2 Å². The second-order valence-corrected chi connectivity index (χ2v) is 4.62. The van der Waals surface area contributed by atoms with Crippen LogP contribution in [0.1, 0.15) is 12.0 Å². The van der Waals surface area contributed by atoms with E-state index in [4.69, 9.17) is 16.7 Å². The van der Waals surface area contributed by atoms with Crippen LogP contribution in [0.2, 0.25) is 5.02 Å². The highest BCUT2D eigenvalue weighted by Gasteiger charge is 2.30. The van der Waals surface area contributed by atoms with E-state index in [-0.39, 0.29) is 18.4 Å². The second kappa shape index (κ2) is 4.44. The van der Waals surface area contributed by atoms with Crippen LogP contribution in [0, 0.1) is 12.8 Å². The summed E-state index contributed by atoms with van der Waals surface area (Å²) < 4.78 is 0.